The van der Waals surface area contributed by atoms with Crippen molar-refractivity contribution in [1.29, 1.82) is 0 Å². The van der Waals surface area contributed by atoms with Gasteiger partial charge in [-0.3, -0.25) is 4.89 Å². The normalized spacial score (nSPS) is 10.7. The van der Waals surface area contributed by atoms with Crippen molar-refractivity contribution in [1.82, 2.24) is 0 Å². The van der Waals surface area contributed by atoms with Gasteiger partial charge in [0.1, 0.15) is 0 Å². The first-order valence-electron chi connectivity index (χ1n) is 12.5. The number of benzene rings is 1. The summed E-state index contributed by atoms with van der Waals surface area (Å²) in [5.74, 6) is -0.754. The van der Waals surface area contributed by atoms with E-state index in [1.165, 1.54) is 83.5 Å². The van der Waals surface area contributed by atoms with E-state index in [4.69, 9.17) is 4.74 Å². The van der Waals surface area contributed by atoms with Crippen molar-refractivity contribution < 1.29 is 29.1 Å². The molecule has 0 atom stereocenters. The molecule has 0 saturated carbocycles. The molecule has 0 heterocycles. The third kappa shape index (κ3) is 16.6. The SMILES string of the molecule is CCCCCCCCCCCCCCCCCCOC(=O)OOOC(=O)c1ccccc1. The molecule has 32 heavy (non-hydrogen) atoms. The number of hydrogen-bond donors (Lipinski definition) is 0. The Morgan fingerprint density at radius 1 is 0.625 bits per heavy atom. The van der Waals surface area contributed by atoms with Crippen LogP contribution in [0, 0.1) is 0 Å². The maximum atomic E-state index is 11.6. The molecule has 182 valence electrons. The van der Waals surface area contributed by atoms with E-state index in [1.807, 2.05) is 0 Å². The zero-order valence-corrected chi connectivity index (χ0v) is 19.9. The highest BCUT2D eigenvalue weighted by Crippen LogP contribution is 2.13. The zero-order chi connectivity index (χ0) is 23.1. The van der Waals surface area contributed by atoms with Crippen molar-refractivity contribution >= 4 is 12.1 Å². The van der Waals surface area contributed by atoms with Gasteiger partial charge in [0.15, 0.2) is 0 Å². The molecule has 0 N–H and O–H groups in total. The number of carbonyl (C=O) groups excluding carboxylic acids is 2. The fourth-order valence-electron chi connectivity index (χ4n) is 3.53. The Morgan fingerprint density at radius 3 is 1.59 bits per heavy atom. The molecule has 1 aromatic rings. The van der Waals surface area contributed by atoms with Crippen LogP contribution in [0.1, 0.15) is 120 Å². The van der Waals surface area contributed by atoms with Gasteiger partial charge in [-0.05, 0) is 18.6 Å². The monoisotopic (exact) mass is 450 g/mol. The molecule has 0 aliphatic rings. The minimum Gasteiger partial charge on any atom is -0.432 e. The standard InChI is InChI=1S/C26H42O6/c1-2-3-4-5-6-7-8-9-10-11-12-13-14-15-16-20-23-29-26(28)31-32-30-25(27)24-21-18-17-19-22-24/h17-19,21-22H,2-16,20,23H2,1H3. The summed E-state index contributed by atoms with van der Waals surface area (Å²) in [7, 11) is 0. The van der Waals surface area contributed by atoms with Crippen molar-refractivity contribution in [2.24, 2.45) is 0 Å². The van der Waals surface area contributed by atoms with Gasteiger partial charge >= 0.3 is 12.1 Å². The number of carbonyl (C=O) groups is 2. The number of hydrogen-bond acceptors (Lipinski definition) is 6. The van der Waals surface area contributed by atoms with Gasteiger partial charge in [-0.2, -0.15) is 0 Å². The van der Waals surface area contributed by atoms with Gasteiger partial charge in [-0.1, -0.05) is 121 Å². The van der Waals surface area contributed by atoms with E-state index in [-0.39, 0.29) is 12.2 Å². The van der Waals surface area contributed by atoms with Crippen molar-refractivity contribution in [3.05, 3.63) is 35.9 Å². The number of unbranched alkanes of at least 4 members (excludes halogenated alkanes) is 15. The maximum Gasteiger partial charge on any atom is 0.543 e. The molecule has 0 unspecified atom stereocenters. The van der Waals surface area contributed by atoms with Crippen LogP contribution in [0.15, 0.2) is 30.3 Å². The average Bonchev–Trinajstić information content (AvgIpc) is 2.81. The Morgan fingerprint density at radius 2 is 1.09 bits per heavy atom. The Labute approximate surface area is 193 Å². The van der Waals surface area contributed by atoms with E-state index >= 15 is 0 Å². The van der Waals surface area contributed by atoms with Crippen LogP contribution < -0.4 is 0 Å². The molecule has 0 fully saturated rings. The molecule has 0 spiro atoms. The fourth-order valence-corrected chi connectivity index (χ4v) is 3.53. The summed E-state index contributed by atoms with van der Waals surface area (Å²) in [5, 5.41) is 4.17. The summed E-state index contributed by atoms with van der Waals surface area (Å²) in [6, 6.07) is 8.25. The third-order valence-electron chi connectivity index (χ3n) is 5.44. The third-order valence-corrected chi connectivity index (χ3v) is 5.44. The highest BCUT2D eigenvalue weighted by atomic mass is 17.5. The van der Waals surface area contributed by atoms with Gasteiger partial charge in [0.05, 0.1) is 17.2 Å². The van der Waals surface area contributed by atoms with Crippen LogP contribution in [0.5, 0.6) is 0 Å². The summed E-state index contributed by atoms with van der Waals surface area (Å²) < 4.78 is 4.87. The van der Waals surface area contributed by atoms with Gasteiger partial charge in [-0.15, -0.1) is 0 Å². The molecular weight excluding hydrogens is 408 g/mol. The number of ether oxygens (including phenoxy) is 1. The lowest BCUT2D eigenvalue weighted by molar-refractivity contribution is -0.452. The molecule has 0 amide bonds. The molecule has 1 aromatic carbocycles. The van der Waals surface area contributed by atoms with E-state index < -0.39 is 12.1 Å². The largest absolute Gasteiger partial charge is 0.543 e. The average molecular weight is 451 g/mol. The summed E-state index contributed by atoms with van der Waals surface area (Å²) in [6.45, 7) is 2.52. The van der Waals surface area contributed by atoms with Gasteiger partial charge in [0, 0.05) is 0 Å². The second kappa shape index (κ2) is 20.8. The van der Waals surface area contributed by atoms with Crippen LogP contribution in [0.3, 0.4) is 0 Å². The predicted octanol–water partition coefficient (Wildman–Crippen LogP) is 8.10. The van der Waals surface area contributed by atoms with Gasteiger partial charge < -0.3 is 4.74 Å². The number of rotatable bonds is 20. The van der Waals surface area contributed by atoms with E-state index in [1.54, 1.807) is 30.3 Å². The topological polar surface area (TPSA) is 71.1 Å². The minimum atomic E-state index is -1.02. The molecule has 6 heteroatoms. The van der Waals surface area contributed by atoms with Crippen LogP contribution in [-0.2, 0) is 19.6 Å². The predicted molar refractivity (Wildman–Crippen MR) is 125 cm³/mol. The van der Waals surface area contributed by atoms with Gasteiger partial charge in [-0.25, -0.2) is 14.5 Å². The first-order chi connectivity index (χ1) is 15.7. The summed E-state index contributed by atoms with van der Waals surface area (Å²) in [6.07, 6.45) is 19.6. The quantitative estimate of drug-likeness (QED) is 0.0864. The molecule has 0 radical (unpaired) electrons. The fraction of sp³-hybridized carbons (Fsp3) is 0.692. The summed E-state index contributed by atoms with van der Waals surface area (Å²) in [4.78, 5) is 31.6. The second-order valence-electron chi connectivity index (χ2n) is 8.29. The molecule has 0 saturated heterocycles. The zero-order valence-electron chi connectivity index (χ0n) is 19.9. The smallest absolute Gasteiger partial charge is 0.432 e. The molecule has 0 aliphatic carbocycles. The van der Waals surface area contributed by atoms with Crippen molar-refractivity contribution in [2.45, 2.75) is 110 Å². The molecule has 0 aliphatic heterocycles. The Bertz CT molecular complexity index is 575. The second-order valence-corrected chi connectivity index (χ2v) is 8.29. The highest BCUT2D eigenvalue weighted by Gasteiger charge is 2.11. The Hall–Kier alpha value is -2.08. The first-order valence-corrected chi connectivity index (χ1v) is 12.5. The van der Waals surface area contributed by atoms with Gasteiger partial charge in [0.2, 0.25) is 0 Å². The van der Waals surface area contributed by atoms with Crippen LogP contribution in [0.4, 0.5) is 4.79 Å². The van der Waals surface area contributed by atoms with E-state index in [0.29, 0.717) is 0 Å². The lowest BCUT2D eigenvalue weighted by atomic mass is 10.0. The van der Waals surface area contributed by atoms with Crippen molar-refractivity contribution in [2.75, 3.05) is 6.61 Å². The van der Waals surface area contributed by atoms with Crippen LogP contribution in [0.2, 0.25) is 0 Å². The Kier molecular flexibility index (Phi) is 18.2. The summed E-state index contributed by atoms with van der Waals surface area (Å²) in [5.41, 5.74) is 0.289. The van der Waals surface area contributed by atoms with Crippen LogP contribution in [0.25, 0.3) is 0 Å². The molecule has 6 nitrogen and oxygen atoms in total. The molecular formula is C26H42O6. The van der Waals surface area contributed by atoms with Crippen molar-refractivity contribution in [3.63, 3.8) is 0 Å². The van der Waals surface area contributed by atoms with E-state index in [9.17, 15) is 9.59 Å². The van der Waals surface area contributed by atoms with Crippen LogP contribution >= 0.6 is 0 Å². The van der Waals surface area contributed by atoms with E-state index in [2.05, 4.69) is 21.7 Å². The Balaban J connectivity index is 1.78. The molecule has 0 bridgehead atoms. The minimum absolute atomic E-state index is 0.257. The first kappa shape index (κ1) is 28.0. The lowest BCUT2D eigenvalue weighted by Gasteiger charge is -2.05. The molecule has 1 rings (SSSR count). The van der Waals surface area contributed by atoms with Gasteiger partial charge in [0.25, 0.3) is 0 Å². The van der Waals surface area contributed by atoms with Crippen LogP contribution in [-0.4, -0.2) is 18.7 Å². The maximum absolute atomic E-state index is 11.6. The highest BCUT2D eigenvalue weighted by molar-refractivity contribution is 5.88. The van der Waals surface area contributed by atoms with Crippen molar-refractivity contribution in [3.8, 4) is 0 Å². The summed E-state index contributed by atoms with van der Waals surface area (Å²) >= 11 is 0. The van der Waals surface area contributed by atoms with E-state index in [0.717, 1.165) is 19.3 Å². The molecule has 0 aromatic heterocycles. The lowest BCUT2D eigenvalue weighted by Crippen LogP contribution is -2.12.